The number of aryl methyl sites for hydroxylation is 2. The lowest BCUT2D eigenvalue weighted by molar-refractivity contribution is -0.896. The number of quaternary nitrogens is 1. The lowest BCUT2D eigenvalue weighted by Crippen LogP contribution is -2.52. The van der Waals surface area contributed by atoms with Gasteiger partial charge in [0.1, 0.15) is 11.9 Å². The van der Waals surface area contributed by atoms with E-state index in [-0.39, 0.29) is 35.0 Å². The number of unbranched alkanes of at least 4 members (excludes halogenated alkanes) is 3. The molecule has 0 bridgehead atoms. The summed E-state index contributed by atoms with van der Waals surface area (Å²) in [6.45, 7) is 9.25. The molecule has 2 atom stereocenters. The van der Waals surface area contributed by atoms with Gasteiger partial charge in [-0.25, -0.2) is 9.13 Å². The molecule has 2 aliphatic rings. The quantitative estimate of drug-likeness (QED) is 0.0621. The summed E-state index contributed by atoms with van der Waals surface area (Å²) in [7, 11) is 6.60. The molecule has 1 aromatic heterocycles. The van der Waals surface area contributed by atoms with Crippen molar-refractivity contribution in [3.8, 4) is 0 Å². The first-order chi connectivity index (χ1) is 23.7. The number of aromatic nitrogens is 2. The van der Waals surface area contributed by atoms with Gasteiger partial charge in [-0.15, -0.1) is 0 Å². The largest absolute Gasteiger partial charge is 0.554 e. The first kappa shape index (κ1) is 39.9. The molecule has 0 saturated carbocycles. The minimum Gasteiger partial charge on any atom is -0.554 e. The highest BCUT2D eigenvalue weighted by atomic mass is 16.5. The second kappa shape index (κ2) is 17.9. The molecule has 2 aliphatic heterocycles. The van der Waals surface area contributed by atoms with E-state index in [1.807, 2.05) is 36.4 Å². The van der Waals surface area contributed by atoms with E-state index < -0.39 is 12.9 Å². The van der Waals surface area contributed by atoms with E-state index in [1.54, 1.807) is 0 Å². The van der Waals surface area contributed by atoms with Crippen LogP contribution in [0.15, 0.2) is 48.9 Å². The normalized spacial score (nSPS) is 17.1. The Bertz CT molecular complexity index is 1590. The highest BCUT2D eigenvalue weighted by molar-refractivity contribution is 6.25. The Labute approximate surface area is 294 Å². The van der Waals surface area contributed by atoms with Crippen LogP contribution in [-0.4, -0.2) is 85.0 Å². The molecule has 1 fully saturated rings. The average Bonchev–Trinajstić information content (AvgIpc) is 3.59. The zero-order chi connectivity index (χ0) is 37.1. The first-order valence-corrected chi connectivity index (χ1v) is 17.2. The van der Waals surface area contributed by atoms with Crippen LogP contribution in [0.1, 0.15) is 79.3 Å². The standard InChI is InChI=1S/C36H50N4O4.2CH2O2/c1-7-29-27(22-44-35(29)43)20-28-21-38(25-37(28)4)18-10-8-9-11-19-40(5,6)24-36(2,3)23-39-33(41)30-16-12-14-26-15-13-17-31(32(26)30)34(39)42;2*2-1-3/h12-17,21,25,27,29H,7-11,18-20,22-24H2,1-6H3;2*1H,(H,2,3)/q+2;;/p-2/t27-,29+;;/m0../s1. The maximum absolute atomic E-state index is 13.4. The van der Waals surface area contributed by atoms with Crippen molar-refractivity contribution in [1.82, 2.24) is 9.47 Å². The van der Waals surface area contributed by atoms with Crippen LogP contribution in [0.2, 0.25) is 0 Å². The topological polar surface area (TPSA) is 153 Å². The molecule has 2 aromatic carbocycles. The number of cyclic esters (lactones) is 1. The van der Waals surface area contributed by atoms with Crippen LogP contribution in [-0.2, 0) is 39.1 Å². The number of nitrogens with zero attached hydrogens (tertiary/aromatic N) is 4. The number of amides is 2. The number of esters is 1. The predicted octanol–water partition coefficient (Wildman–Crippen LogP) is 1.90. The van der Waals surface area contributed by atoms with Gasteiger partial charge in [0.05, 0.1) is 53.3 Å². The Kier molecular flexibility index (Phi) is 14.3. The molecule has 272 valence electrons. The maximum Gasteiger partial charge on any atom is 0.309 e. The van der Waals surface area contributed by atoms with Gasteiger partial charge in [0.2, 0.25) is 6.33 Å². The fourth-order valence-corrected chi connectivity index (χ4v) is 7.63. The van der Waals surface area contributed by atoms with E-state index in [2.05, 4.69) is 63.6 Å². The maximum atomic E-state index is 13.4. The number of imidazole rings is 1. The van der Waals surface area contributed by atoms with Gasteiger partial charge in [-0.2, -0.15) is 0 Å². The van der Waals surface area contributed by atoms with Gasteiger partial charge in [-0.05, 0) is 49.6 Å². The lowest BCUT2D eigenvalue weighted by atomic mass is 9.88. The van der Waals surface area contributed by atoms with E-state index in [0.29, 0.717) is 24.3 Å². The van der Waals surface area contributed by atoms with Gasteiger partial charge >= 0.3 is 5.97 Å². The van der Waals surface area contributed by atoms with Crippen LogP contribution in [0, 0.1) is 17.3 Å². The molecule has 3 heterocycles. The smallest absolute Gasteiger partial charge is 0.309 e. The van der Waals surface area contributed by atoms with Crippen molar-refractivity contribution in [2.24, 2.45) is 24.3 Å². The number of carbonyl (C=O) groups is 5. The van der Waals surface area contributed by atoms with E-state index in [4.69, 9.17) is 24.5 Å². The molecule has 2 amide bonds. The number of imide groups is 1. The number of hydrogen-bond donors (Lipinski definition) is 0. The monoisotopic (exact) mass is 692 g/mol. The summed E-state index contributed by atoms with van der Waals surface area (Å²) in [6, 6.07) is 11.4. The van der Waals surface area contributed by atoms with Crippen molar-refractivity contribution in [3.05, 3.63) is 65.7 Å². The molecular weight excluding hydrogens is 640 g/mol. The van der Waals surface area contributed by atoms with Gasteiger partial charge in [-0.1, -0.05) is 45.0 Å². The van der Waals surface area contributed by atoms with E-state index in [1.165, 1.54) is 23.4 Å². The van der Waals surface area contributed by atoms with Crippen LogP contribution in [0.25, 0.3) is 10.8 Å². The molecule has 0 spiro atoms. The fraction of sp³-hybridized carbons (Fsp3) is 0.526. The summed E-state index contributed by atoms with van der Waals surface area (Å²) in [5, 5.41) is 18.2. The zero-order valence-corrected chi connectivity index (χ0v) is 30.3. The minimum atomic E-state index is -0.500. The first-order valence-electron chi connectivity index (χ1n) is 17.2. The van der Waals surface area contributed by atoms with Gasteiger partial charge in [-0.3, -0.25) is 19.3 Å². The summed E-state index contributed by atoms with van der Waals surface area (Å²) >= 11 is 0. The molecular formula is C38H52N4O8. The van der Waals surface area contributed by atoms with Crippen LogP contribution >= 0.6 is 0 Å². The summed E-state index contributed by atoms with van der Waals surface area (Å²) in [5.74, 6) is -0.119. The molecule has 0 N–H and O–H groups in total. The van der Waals surface area contributed by atoms with Crippen LogP contribution in [0.5, 0.6) is 0 Å². The third-order valence-corrected chi connectivity index (χ3v) is 9.54. The number of carbonyl (C=O) groups excluding carboxylic acids is 5. The fourth-order valence-electron chi connectivity index (χ4n) is 7.63. The lowest BCUT2D eigenvalue weighted by Gasteiger charge is -2.40. The number of ether oxygens (including phenoxy) is 1. The molecule has 0 unspecified atom stereocenters. The summed E-state index contributed by atoms with van der Waals surface area (Å²) in [4.78, 5) is 56.8. The zero-order valence-electron chi connectivity index (χ0n) is 30.3. The van der Waals surface area contributed by atoms with Crippen molar-refractivity contribution >= 4 is 41.5 Å². The van der Waals surface area contributed by atoms with Gasteiger partial charge in [0, 0.05) is 53.8 Å². The van der Waals surface area contributed by atoms with E-state index in [9.17, 15) is 14.4 Å². The highest BCUT2D eigenvalue weighted by Gasteiger charge is 2.39. The van der Waals surface area contributed by atoms with Gasteiger partial charge in [0.25, 0.3) is 11.8 Å². The summed E-state index contributed by atoms with van der Waals surface area (Å²) in [5.41, 5.74) is 2.27. The highest BCUT2D eigenvalue weighted by Crippen LogP contribution is 2.33. The Morgan fingerprint density at radius 1 is 0.960 bits per heavy atom. The molecule has 0 radical (unpaired) electrons. The van der Waals surface area contributed by atoms with Crippen molar-refractivity contribution in [3.63, 3.8) is 0 Å². The van der Waals surface area contributed by atoms with Crippen molar-refractivity contribution in [2.75, 3.05) is 40.3 Å². The van der Waals surface area contributed by atoms with Gasteiger partial charge < -0.3 is 29.0 Å². The van der Waals surface area contributed by atoms with Crippen LogP contribution in [0.4, 0.5) is 0 Å². The molecule has 3 aromatic rings. The summed E-state index contributed by atoms with van der Waals surface area (Å²) < 4.78 is 10.6. The average molecular weight is 693 g/mol. The third-order valence-electron chi connectivity index (χ3n) is 9.54. The molecule has 12 nitrogen and oxygen atoms in total. The number of hydrogen-bond acceptors (Lipinski definition) is 8. The Balaban J connectivity index is 0.00000105. The number of benzene rings is 2. The van der Waals surface area contributed by atoms with Gasteiger partial charge in [0.15, 0.2) is 0 Å². The van der Waals surface area contributed by atoms with Crippen molar-refractivity contribution in [2.45, 2.75) is 65.8 Å². The van der Waals surface area contributed by atoms with E-state index in [0.717, 1.165) is 60.6 Å². The SMILES string of the molecule is CC[C@H]1C(=O)OC[C@@H]1Cc1c[n+](CCCCCC[N+](C)(C)CC(C)(C)CN2C(=O)c3cccc4cccc(c34)C2=O)cn1C.O=C[O-].O=C[O-]. The molecule has 1 saturated heterocycles. The third kappa shape index (κ3) is 10.2. The molecule has 12 heteroatoms. The predicted molar refractivity (Wildman–Crippen MR) is 183 cm³/mol. The Hall–Kier alpha value is -4.58. The second-order valence-corrected chi connectivity index (χ2v) is 14.7. The number of carboxylic acid groups (broad SMARTS) is 2. The summed E-state index contributed by atoms with van der Waals surface area (Å²) in [6.07, 6.45) is 10.7. The molecule has 0 aliphatic carbocycles. The minimum absolute atomic E-state index is 0.0224. The Morgan fingerprint density at radius 2 is 1.54 bits per heavy atom. The van der Waals surface area contributed by atoms with E-state index >= 15 is 0 Å². The number of rotatable bonds is 14. The Morgan fingerprint density at radius 3 is 2.12 bits per heavy atom. The molecule has 50 heavy (non-hydrogen) atoms. The van der Waals surface area contributed by atoms with Crippen LogP contribution in [0.3, 0.4) is 0 Å². The van der Waals surface area contributed by atoms with Crippen LogP contribution < -0.4 is 14.8 Å². The van der Waals surface area contributed by atoms with Crippen molar-refractivity contribution < 1.29 is 48.0 Å². The molecule has 5 rings (SSSR count). The second-order valence-electron chi connectivity index (χ2n) is 14.7. The van der Waals surface area contributed by atoms with Crippen molar-refractivity contribution in [1.29, 1.82) is 0 Å².